The molecule has 0 aliphatic carbocycles. The van der Waals surface area contributed by atoms with E-state index in [2.05, 4.69) is 15.4 Å². The summed E-state index contributed by atoms with van der Waals surface area (Å²) in [5.74, 6) is -2.91. The second-order valence-corrected chi connectivity index (χ2v) is 9.28. The minimum absolute atomic E-state index is 0.0784. The highest BCUT2D eigenvalue weighted by Gasteiger charge is 2.18. The van der Waals surface area contributed by atoms with Crippen molar-refractivity contribution in [3.63, 3.8) is 0 Å². The summed E-state index contributed by atoms with van der Waals surface area (Å²) in [5.41, 5.74) is -0.603. The van der Waals surface area contributed by atoms with E-state index in [1.165, 1.54) is 0 Å². The largest absolute Gasteiger partial charge is 0.444 e. The van der Waals surface area contributed by atoms with Crippen LogP contribution in [0.1, 0.15) is 34.1 Å². The molecule has 1 aromatic rings. The van der Waals surface area contributed by atoms with E-state index in [4.69, 9.17) is 4.74 Å². The van der Waals surface area contributed by atoms with E-state index in [-0.39, 0.29) is 32.0 Å². The Morgan fingerprint density at radius 1 is 1.10 bits per heavy atom. The predicted octanol–water partition coefficient (Wildman–Crippen LogP) is 1.91. The van der Waals surface area contributed by atoms with E-state index in [0.717, 1.165) is 6.07 Å². The molecular weight excluding hydrogens is 408 g/mol. The van der Waals surface area contributed by atoms with E-state index < -0.39 is 44.2 Å². The lowest BCUT2D eigenvalue weighted by Crippen LogP contribution is -2.38. The summed E-state index contributed by atoms with van der Waals surface area (Å²) in [6, 6.07) is 2.21. The Kier molecular flexibility index (Phi) is 8.96. The van der Waals surface area contributed by atoms with Crippen LogP contribution >= 0.6 is 0 Å². The SMILES string of the molecule is C[C@@H](CNC(=O)CCNS(=O)(=O)c1ccc(F)c(F)c1)CNC(=O)OC(C)(C)C. The predicted molar refractivity (Wildman–Crippen MR) is 103 cm³/mol. The standard InChI is InChI=1S/C18H27F2N3O5S/c1-12(11-22-17(25)28-18(2,3)4)10-21-16(24)7-8-23-29(26,27)13-5-6-14(19)15(20)9-13/h5-6,9,12,23H,7-8,10-11H2,1-4H3,(H,21,24)(H,22,25)/t12-/m0/s1. The van der Waals surface area contributed by atoms with Gasteiger partial charge in [0.05, 0.1) is 4.90 Å². The lowest BCUT2D eigenvalue weighted by molar-refractivity contribution is -0.121. The number of hydrogen-bond acceptors (Lipinski definition) is 5. The second-order valence-electron chi connectivity index (χ2n) is 7.52. The first-order valence-electron chi connectivity index (χ1n) is 8.98. The average molecular weight is 435 g/mol. The maximum atomic E-state index is 13.2. The van der Waals surface area contributed by atoms with Crippen LogP contribution in [0.5, 0.6) is 0 Å². The molecule has 164 valence electrons. The normalized spacial score (nSPS) is 12.9. The van der Waals surface area contributed by atoms with Crippen molar-refractivity contribution in [3.05, 3.63) is 29.8 Å². The monoisotopic (exact) mass is 435 g/mol. The van der Waals surface area contributed by atoms with Gasteiger partial charge in [0, 0.05) is 26.1 Å². The highest BCUT2D eigenvalue weighted by atomic mass is 32.2. The minimum Gasteiger partial charge on any atom is -0.444 e. The topological polar surface area (TPSA) is 114 Å². The van der Waals surface area contributed by atoms with Gasteiger partial charge < -0.3 is 15.4 Å². The van der Waals surface area contributed by atoms with Crippen molar-refractivity contribution in [1.82, 2.24) is 15.4 Å². The molecule has 29 heavy (non-hydrogen) atoms. The Labute approximate surface area is 169 Å². The summed E-state index contributed by atoms with van der Waals surface area (Å²) >= 11 is 0. The molecule has 0 spiro atoms. The van der Waals surface area contributed by atoms with Crippen molar-refractivity contribution in [3.8, 4) is 0 Å². The van der Waals surface area contributed by atoms with Crippen LogP contribution in [0, 0.1) is 17.6 Å². The third-order valence-electron chi connectivity index (χ3n) is 3.49. The smallest absolute Gasteiger partial charge is 0.407 e. The maximum Gasteiger partial charge on any atom is 0.407 e. The van der Waals surface area contributed by atoms with Gasteiger partial charge in [-0.05, 0) is 44.9 Å². The highest BCUT2D eigenvalue weighted by molar-refractivity contribution is 7.89. The Morgan fingerprint density at radius 2 is 1.72 bits per heavy atom. The van der Waals surface area contributed by atoms with E-state index in [1.807, 2.05) is 6.92 Å². The Hall–Kier alpha value is -2.27. The van der Waals surface area contributed by atoms with Gasteiger partial charge in [-0.15, -0.1) is 0 Å². The third-order valence-corrected chi connectivity index (χ3v) is 4.95. The quantitative estimate of drug-likeness (QED) is 0.548. The number of halogens is 2. The van der Waals surface area contributed by atoms with Crippen molar-refractivity contribution >= 4 is 22.0 Å². The number of benzene rings is 1. The first kappa shape index (κ1) is 24.8. The molecule has 1 rings (SSSR count). The van der Waals surface area contributed by atoms with Gasteiger partial charge in [-0.1, -0.05) is 6.92 Å². The van der Waals surface area contributed by atoms with Crippen molar-refractivity contribution < 1.29 is 31.5 Å². The summed E-state index contributed by atoms with van der Waals surface area (Å²) in [4.78, 5) is 23.0. The molecule has 1 aromatic carbocycles. The van der Waals surface area contributed by atoms with E-state index >= 15 is 0 Å². The fraction of sp³-hybridized carbons (Fsp3) is 0.556. The van der Waals surface area contributed by atoms with E-state index in [9.17, 15) is 26.8 Å². The third kappa shape index (κ3) is 9.66. The number of alkyl carbamates (subject to hydrolysis) is 1. The molecule has 11 heteroatoms. The zero-order valence-electron chi connectivity index (χ0n) is 16.8. The fourth-order valence-corrected chi connectivity index (χ4v) is 3.09. The maximum absolute atomic E-state index is 13.2. The lowest BCUT2D eigenvalue weighted by Gasteiger charge is -2.21. The summed E-state index contributed by atoms with van der Waals surface area (Å²) in [6.45, 7) is 7.40. The van der Waals surface area contributed by atoms with Gasteiger partial charge in [0.15, 0.2) is 11.6 Å². The van der Waals surface area contributed by atoms with Crippen LogP contribution in [-0.4, -0.2) is 45.7 Å². The van der Waals surface area contributed by atoms with Gasteiger partial charge in [0.1, 0.15) is 5.60 Å². The second kappa shape index (κ2) is 10.5. The summed E-state index contributed by atoms with van der Waals surface area (Å²) < 4.78 is 57.3. The van der Waals surface area contributed by atoms with Crippen LogP contribution in [0.15, 0.2) is 23.1 Å². The summed E-state index contributed by atoms with van der Waals surface area (Å²) in [5, 5.41) is 5.21. The van der Waals surface area contributed by atoms with Gasteiger partial charge in [-0.3, -0.25) is 4.79 Å². The molecule has 0 radical (unpaired) electrons. The van der Waals surface area contributed by atoms with Crippen LogP contribution in [0.3, 0.4) is 0 Å². The molecule has 0 aliphatic rings. The van der Waals surface area contributed by atoms with Crippen LogP contribution in [0.2, 0.25) is 0 Å². The molecule has 0 heterocycles. The molecular formula is C18H27F2N3O5S. The van der Waals surface area contributed by atoms with Crippen LogP contribution in [-0.2, 0) is 19.6 Å². The Morgan fingerprint density at radius 3 is 2.31 bits per heavy atom. The zero-order chi connectivity index (χ0) is 22.2. The average Bonchev–Trinajstić information content (AvgIpc) is 2.58. The van der Waals surface area contributed by atoms with Crippen LogP contribution in [0.25, 0.3) is 0 Å². The fourth-order valence-electron chi connectivity index (χ4n) is 2.05. The van der Waals surface area contributed by atoms with Crippen molar-refractivity contribution in [2.75, 3.05) is 19.6 Å². The van der Waals surface area contributed by atoms with E-state index in [0.29, 0.717) is 12.1 Å². The van der Waals surface area contributed by atoms with Gasteiger partial charge in [0.25, 0.3) is 0 Å². The van der Waals surface area contributed by atoms with Crippen LogP contribution < -0.4 is 15.4 Å². The first-order chi connectivity index (χ1) is 13.3. The highest BCUT2D eigenvalue weighted by Crippen LogP contribution is 2.13. The minimum atomic E-state index is -4.06. The Balaban J connectivity index is 2.33. The molecule has 0 saturated heterocycles. The van der Waals surface area contributed by atoms with E-state index in [1.54, 1.807) is 20.8 Å². The molecule has 0 unspecified atom stereocenters. The molecule has 1 atom stereocenters. The first-order valence-corrected chi connectivity index (χ1v) is 10.5. The molecule has 0 fully saturated rings. The molecule has 0 saturated carbocycles. The van der Waals surface area contributed by atoms with Gasteiger partial charge in [-0.25, -0.2) is 26.7 Å². The number of hydrogen-bond donors (Lipinski definition) is 3. The summed E-state index contributed by atoms with van der Waals surface area (Å²) in [7, 11) is -4.06. The van der Waals surface area contributed by atoms with Crippen LogP contribution in [0.4, 0.5) is 13.6 Å². The van der Waals surface area contributed by atoms with Crippen molar-refractivity contribution in [2.24, 2.45) is 5.92 Å². The molecule has 2 amide bonds. The number of ether oxygens (including phenoxy) is 1. The number of amides is 2. The van der Waals surface area contributed by atoms with Gasteiger partial charge in [0.2, 0.25) is 15.9 Å². The number of carbonyl (C=O) groups is 2. The van der Waals surface area contributed by atoms with Crippen molar-refractivity contribution in [1.29, 1.82) is 0 Å². The molecule has 0 aliphatic heterocycles. The summed E-state index contributed by atoms with van der Waals surface area (Å²) in [6.07, 6.45) is -0.697. The lowest BCUT2D eigenvalue weighted by atomic mass is 10.2. The molecule has 8 nitrogen and oxygen atoms in total. The molecule has 3 N–H and O–H groups in total. The van der Waals surface area contributed by atoms with Gasteiger partial charge >= 0.3 is 6.09 Å². The molecule has 0 aromatic heterocycles. The number of sulfonamides is 1. The van der Waals surface area contributed by atoms with Gasteiger partial charge in [-0.2, -0.15) is 0 Å². The van der Waals surface area contributed by atoms with Crippen molar-refractivity contribution in [2.45, 2.75) is 44.6 Å². The Bertz CT molecular complexity index is 825. The number of carbonyl (C=O) groups excluding carboxylic acids is 2. The zero-order valence-corrected chi connectivity index (χ0v) is 17.7. The number of nitrogens with one attached hydrogen (secondary N) is 3. The number of rotatable bonds is 9. The molecule has 0 bridgehead atoms.